The van der Waals surface area contributed by atoms with Gasteiger partial charge in [-0.3, -0.25) is 9.69 Å². The van der Waals surface area contributed by atoms with Crippen LogP contribution < -0.4 is 14.8 Å². The Kier molecular flexibility index (Phi) is 6.87. The zero-order valence-electron chi connectivity index (χ0n) is 19.1. The molecule has 2 aromatic carbocycles. The number of hydrogen-bond acceptors (Lipinski definition) is 6. The summed E-state index contributed by atoms with van der Waals surface area (Å²) in [6.07, 6.45) is 1.48. The molecular weight excluding hydrogens is 498 g/mol. The summed E-state index contributed by atoms with van der Waals surface area (Å²) in [6, 6.07) is 15.6. The van der Waals surface area contributed by atoms with Crippen molar-refractivity contribution in [3.63, 3.8) is 0 Å². The van der Waals surface area contributed by atoms with E-state index in [4.69, 9.17) is 18.9 Å². The number of carbonyl (C=O) groups excluding carboxylic acids is 1. The lowest BCUT2D eigenvalue weighted by atomic mass is 9.95. The normalized spacial score (nSPS) is 18.6. The van der Waals surface area contributed by atoms with Crippen molar-refractivity contribution in [3.8, 4) is 23.0 Å². The molecule has 2 aliphatic rings. The van der Waals surface area contributed by atoms with Crippen molar-refractivity contribution in [2.75, 3.05) is 26.2 Å². The predicted molar refractivity (Wildman–Crippen MR) is 132 cm³/mol. The lowest BCUT2D eigenvalue weighted by Gasteiger charge is -2.31. The summed E-state index contributed by atoms with van der Waals surface area (Å²) in [5.74, 6) is 3.07. The van der Waals surface area contributed by atoms with Crippen LogP contribution in [-0.4, -0.2) is 48.1 Å². The average Bonchev–Trinajstić information content (AvgIpc) is 3.23. The van der Waals surface area contributed by atoms with E-state index < -0.39 is 0 Å². The van der Waals surface area contributed by atoms with Gasteiger partial charge in [-0.05, 0) is 63.2 Å². The maximum Gasteiger partial charge on any atom is 0.226 e. The van der Waals surface area contributed by atoms with E-state index in [1.54, 1.807) is 0 Å². The van der Waals surface area contributed by atoms with Crippen molar-refractivity contribution >= 4 is 21.8 Å². The molecule has 1 amide bonds. The highest BCUT2D eigenvalue weighted by molar-refractivity contribution is 9.10. The van der Waals surface area contributed by atoms with Gasteiger partial charge < -0.3 is 19.2 Å². The monoisotopic (exact) mass is 525 g/mol. The summed E-state index contributed by atoms with van der Waals surface area (Å²) in [5.41, 5.74) is 1.91. The number of nitrogens with one attached hydrogen (secondary N) is 1. The minimum absolute atomic E-state index is 0.0173. The Bertz CT molecular complexity index is 1160. The molecule has 0 radical (unpaired) electrons. The third-order valence-corrected chi connectivity index (χ3v) is 6.86. The van der Waals surface area contributed by atoms with Crippen LogP contribution in [-0.2, 0) is 11.3 Å². The number of halogens is 1. The summed E-state index contributed by atoms with van der Waals surface area (Å²) >= 11 is 3.50. The number of carbonyl (C=O) groups is 1. The number of aryl methyl sites for hydroxylation is 1. The first kappa shape index (κ1) is 22.9. The fourth-order valence-corrected chi connectivity index (χ4v) is 4.81. The highest BCUT2D eigenvalue weighted by atomic mass is 79.9. The minimum atomic E-state index is -0.173. The number of para-hydroxylation sites is 2. The molecule has 3 aromatic rings. The molecule has 1 saturated heterocycles. The molecule has 34 heavy (non-hydrogen) atoms. The largest absolute Gasteiger partial charge is 0.486 e. The van der Waals surface area contributed by atoms with Crippen LogP contribution in [0.15, 0.2) is 57.4 Å². The molecular formula is C26H28BrN3O4. The molecule has 1 atom stereocenters. The van der Waals surface area contributed by atoms with Crippen molar-refractivity contribution in [3.05, 3.63) is 64.5 Å². The molecule has 8 heteroatoms. The molecule has 1 aromatic heterocycles. The Morgan fingerprint density at radius 3 is 2.74 bits per heavy atom. The first-order valence-electron chi connectivity index (χ1n) is 11.7. The summed E-state index contributed by atoms with van der Waals surface area (Å²) in [4.78, 5) is 19.8. The van der Waals surface area contributed by atoms with Crippen molar-refractivity contribution < 1.29 is 18.7 Å². The summed E-state index contributed by atoms with van der Waals surface area (Å²) in [7, 11) is 0. The Labute approximate surface area is 207 Å². The molecule has 0 bridgehead atoms. The van der Waals surface area contributed by atoms with Gasteiger partial charge >= 0.3 is 0 Å². The maximum atomic E-state index is 12.7. The standard InChI is InChI=1S/C26H28BrN3O4/c1-17-22(29-26(33-17)19-5-4-6-20(27)13-19)15-30-11-9-18(10-12-30)25(31)28-14-21-16-32-23-7-2-3-8-24(23)34-21/h2-8,13,18,21H,9-12,14-16H2,1H3,(H,28,31)/t21-/m0/s1. The van der Waals surface area contributed by atoms with E-state index in [9.17, 15) is 4.79 Å². The number of amides is 1. The van der Waals surface area contributed by atoms with Gasteiger partial charge in [-0.2, -0.15) is 0 Å². The molecule has 0 spiro atoms. The number of benzene rings is 2. The number of aromatic nitrogens is 1. The number of ether oxygens (including phenoxy) is 2. The van der Waals surface area contributed by atoms with Crippen LogP contribution >= 0.6 is 15.9 Å². The van der Waals surface area contributed by atoms with Crippen LogP contribution in [0.3, 0.4) is 0 Å². The average molecular weight is 526 g/mol. The topological polar surface area (TPSA) is 76.8 Å². The summed E-state index contributed by atoms with van der Waals surface area (Å²) in [6.45, 7) is 5.28. The lowest BCUT2D eigenvalue weighted by molar-refractivity contribution is -0.127. The van der Waals surface area contributed by atoms with Gasteiger partial charge in [0.15, 0.2) is 11.5 Å². The van der Waals surface area contributed by atoms with Crippen molar-refractivity contribution in [1.29, 1.82) is 0 Å². The van der Waals surface area contributed by atoms with Gasteiger partial charge in [0.25, 0.3) is 0 Å². The predicted octanol–water partition coefficient (Wildman–Crippen LogP) is 4.58. The zero-order valence-corrected chi connectivity index (χ0v) is 20.7. The lowest BCUT2D eigenvalue weighted by Crippen LogP contribution is -2.45. The van der Waals surface area contributed by atoms with Gasteiger partial charge in [-0.15, -0.1) is 0 Å². The SMILES string of the molecule is Cc1oc(-c2cccc(Br)c2)nc1CN1CCC(C(=O)NC[C@H]2COc3ccccc3O2)CC1. The van der Waals surface area contributed by atoms with Crippen LogP contribution in [0.1, 0.15) is 24.3 Å². The van der Waals surface area contributed by atoms with E-state index >= 15 is 0 Å². The quantitative estimate of drug-likeness (QED) is 0.507. The van der Waals surface area contributed by atoms with E-state index in [-0.39, 0.29) is 17.9 Å². The van der Waals surface area contributed by atoms with Crippen LogP contribution in [0.2, 0.25) is 0 Å². The molecule has 0 saturated carbocycles. The second kappa shape index (κ2) is 10.2. The minimum Gasteiger partial charge on any atom is -0.486 e. The number of nitrogens with zero attached hydrogens (tertiary/aromatic N) is 2. The highest BCUT2D eigenvalue weighted by Crippen LogP contribution is 2.31. The Balaban J connectivity index is 1.09. The van der Waals surface area contributed by atoms with Crippen LogP contribution in [0.25, 0.3) is 11.5 Å². The smallest absolute Gasteiger partial charge is 0.226 e. The van der Waals surface area contributed by atoms with Gasteiger partial charge in [-0.25, -0.2) is 4.98 Å². The number of oxazole rings is 1. The maximum absolute atomic E-state index is 12.7. The number of likely N-dealkylation sites (tertiary alicyclic amines) is 1. The number of hydrogen-bond donors (Lipinski definition) is 1. The van der Waals surface area contributed by atoms with Gasteiger partial charge in [0.05, 0.1) is 12.2 Å². The summed E-state index contributed by atoms with van der Waals surface area (Å²) in [5, 5.41) is 3.06. The van der Waals surface area contributed by atoms with Crippen LogP contribution in [0.5, 0.6) is 11.5 Å². The zero-order chi connectivity index (χ0) is 23.5. The fraction of sp³-hybridized carbons (Fsp3) is 0.385. The Morgan fingerprint density at radius 1 is 1.15 bits per heavy atom. The van der Waals surface area contributed by atoms with Gasteiger partial charge in [0.1, 0.15) is 18.5 Å². The Morgan fingerprint density at radius 2 is 1.94 bits per heavy atom. The van der Waals surface area contributed by atoms with E-state index in [0.29, 0.717) is 19.0 Å². The third kappa shape index (κ3) is 5.28. The van der Waals surface area contributed by atoms with Crippen molar-refractivity contribution in [1.82, 2.24) is 15.2 Å². The molecule has 7 nitrogen and oxygen atoms in total. The van der Waals surface area contributed by atoms with Gasteiger partial charge in [0, 0.05) is 22.5 Å². The fourth-order valence-electron chi connectivity index (χ4n) is 4.41. The van der Waals surface area contributed by atoms with Gasteiger partial charge in [0.2, 0.25) is 11.8 Å². The molecule has 1 fully saturated rings. The molecule has 0 aliphatic carbocycles. The molecule has 2 aliphatic heterocycles. The molecule has 1 N–H and O–H groups in total. The second-order valence-corrected chi connectivity index (χ2v) is 9.74. The van der Waals surface area contributed by atoms with Crippen molar-refractivity contribution in [2.24, 2.45) is 5.92 Å². The van der Waals surface area contributed by atoms with Crippen LogP contribution in [0.4, 0.5) is 0 Å². The first-order valence-corrected chi connectivity index (χ1v) is 12.5. The van der Waals surface area contributed by atoms with E-state index in [2.05, 4.69) is 26.1 Å². The summed E-state index contributed by atoms with van der Waals surface area (Å²) < 4.78 is 18.6. The molecule has 0 unspecified atom stereocenters. The van der Waals surface area contributed by atoms with Gasteiger partial charge in [-0.1, -0.05) is 34.1 Å². The molecule has 5 rings (SSSR count). The third-order valence-electron chi connectivity index (χ3n) is 6.37. The Hall–Kier alpha value is -2.84. The highest BCUT2D eigenvalue weighted by Gasteiger charge is 2.28. The molecule has 178 valence electrons. The number of fused-ring (bicyclic) bond motifs is 1. The molecule has 3 heterocycles. The number of rotatable bonds is 6. The van der Waals surface area contributed by atoms with Crippen molar-refractivity contribution in [2.45, 2.75) is 32.4 Å². The van der Waals surface area contributed by atoms with Crippen LogP contribution in [0, 0.1) is 12.8 Å². The van der Waals surface area contributed by atoms with E-state index in [1.807, 2.05) is 55.5 Å². The first-order chi connectivity index (χ1) is 16.5. The van der Waals surface area contributed by atoms with E-state index in [1.165, 1.54) is 0 Å². The second-order valence-electron chi connectivity index (χ2n) is 8.83. The number of piperidine rings is 1. The van der Waals surface area contributed by atoms with E-state index in [0.717, 1.165) is 65.5 Å².